The van der Waals surface area contributed by atoms with Crippen molar-refractivity contribution in [1.82, 2.24) is 9.97 Å². The summed E-state index contributed by atoms with van der Waals surface area (Å²) < 4.78 is 0. The summed E-state index contributed by atoms with van der Waals surface area (Å²) in [5.74, 6) is -0.482. The number of aromatic carboxylic acids is 1. The molecule has 0 saturated heterocycles. The van der Waals surface area contributed by atoms with E-state index in [2.05, 4.69) is 15.3 Å². The third-order valence-corrected chi connectivity index (χ3v) is 4.57. The summed E-state index contributed by atoms with van der Waals surface area (Å²) in [4.78, 5) is 20.3. The molecule has 21 heavy (non-hydrogen) atoms. The largest absolute Gasteiger partial charge is 0.478 e. The Bertz CT molecular complexity index is 682. The number of hydrogen-bond acceptors (Lipinski definition) is 5. The summed E-state index contributed by atoms with van der Waals surface area (Å²) in [6.07, 6.45) is 4.09. The third-order valence-electron chi connectivity index (χ3n) is 3.60. The number of carboxylic acid groups (broad SMARTS) is 1. The van der Waals surface area contributed by atoms with Crippen LogP contribution in [0.1, 0.15) is 45.2 Å². The van der Waals surface area contributed by atoms with Crippen LogP contribution in [0.4, 0.5) is 5.82 Å². The van der Waals surface area contributed by atoms with Gasteiger partial charge in [0.2, 0.25) is 0 Å². The van der Waals surface area contributed by atoms with Crippen molar-refractivity contribution in [2.45, 2.75) is 39.2 Å². The number of thiazole rings is 1. The van der Waals surface area contributed by atoms with E-state index in [-0.39, 0.29) is 5.56 Å². The Morgan fingerprint density at radius 2 is 2.19 bits per heavy atom. The van der Waals surface area contributed by atoms with Crippen molar-refractivity contribution in [2.24, 2.45) is 0 Å². The number of anilines is 1. The second-order valence-electron chi connectivity index (χ2n) is 5.24. The Balaban J connectivity index is 1.87. The molecule has 0 unspecified atom stereocenters. The number of rotatable bonds is 4. The molecule has 5 nitrogen and oxygen atoms in total. The first-order valence-electron chi connectivity index (χ1n) is 7.04. The van der Waals surface area contributed by atoms with Crippen molar-refractivity contribution in [2.75, 3.05) is 5.32 Å². The Hall–Kier alpha value is -1.95. The Labute approximate surface area is 127 Å². The number of carboxylic acids is 1. The van der Waals surface area contributed by atoms with Crippen LogP contribution in [0.2, 0.25) is 0 Å². The fraction of sp³-hybridized carbons (Fsp3) is 0.400. The van der Waals surface area contributed by atoms with Gasteiger partial charge in [-0.2, -0.15) is 0 Å². The minimum absolute atomic E-state index is 0.254. The lowest BCUT2D eigenvalue weighted by molar-refractivity contribution is 0.0697. The van der Waals surface area contributed by atoms with Crippen molar-refractivity contribution in [3.63, 3.8) is 0 Å². The van der Waals surface area contributed by atoms with E-state index in [9.17, 15) is 9.90 Å². The number of hydrogen-bond donors (Lipinski definition) is 2. The van der Waals surface area contributed by atoms with Crippen LogP contribution in [0, 0.1) is 6.92 Å². The van der Waals surface area contributed by atoms with Gasteiger partial charge < -0.3 is 10.4 Å². The molecular formula is C15H17N3O2S. The monoisotopic (exact) mass is 303 g/mol. The lowest BCUT2D eigenvalue weighted by Crippen LogP contribution is -2.14. The predicted molar refractivity (Wildman–Crippen MR) is 82.0 cm³/mol. The van der Waals surface area contributed by atoms with Gasteiger partial charge in [-0.25, -0.2) is 14.8 Å². The molecule has 2 aromatic heterocycles. The fourth-order valence-electron chi connectivity index (χ4n) is 2.57. The molecule has 0 fully saturated rings. The van der Waals surface area contributed by atoms with E-state index in [1.165, 1.54) is 0 Å². The van der Waals surface area contributed by atoms with Gasteiger partial charge >= 0.3 is 5.97 Å². The summed E-state index contributed by atoms with van der Waals surface area (Å²) in [6, 6.07) is 1.78. The molecule has 2 aromatic rings. The fourth-order valence-corrected chi connectivity index (χ4v) is 3.29. The van der Waals surface area contributed by atoms with Gasteiger partial charge in [-0.1, -0.05) is 0 Å². The highest BCUT2D eigenvalue weighted by Gasteiger charge is 2.18. The molecule has 1 aliphatic rings. The molecule has 1 aliphatic carbocycles. The van der Waals surface area contributed by atoms with Crippen LogP contribution < -0.4 is 5.32 Å². The molecule has 0 spiro atoms. The van der Waals surface area contributed by atoms with Gasteiger partial charge in [0.1, 0.15) is 16.4 Å². The molecule has 0 atom stereocenters. The average molecular weight is 303 g/mol. The molecule has 6 heteroatoms. The molecule has 2 heterocycles. The SMILES string of the molecule is Cc1csc(CNc2nc3c(cc2C(=O)O)CCCC3)n1. The summed E-state index contributed by atoms with van der Waals surface area (Å²) >= 11 is 1.56. The Kier molecular flexibility index (Phi) is 3.88. The van der Waals surface area contributed by atoms with Crippen LogP contribution in [0.25, 0.3) is 0 Å². The first-order valence-corrected chi connectivity index (χ1v) is 7.92. The van der Waals surface area contributed by atoms with E-state index in [1.807, 2.05) is 12.3 Å². The van der Waals surface area contributed by atoms with Crippen molar-refractivity contribution in [3.8, 4) is 0 Å². The van der Waals surface area contributed by atoms with Crippen molar-refractivity contribution < 1.29 is 9.90 Å². The van der Waals surface area contributed by atoms with Crippen LogP contribution in [0.3, 0.4) is 0 Å². The van der Waals surface area contributed by atoms with E-state index < -0.39 is 5.97 Å². The molecule has 2 N–H and O–H groups in total. The summed E-state index contributed by atoms with van der Waals surface area (Å²) in [5, 5.41) is 15.4. The summed E-state index contributed by atoms with van der Waals surface area (Å²) in [7, 11) is 0. The zero-order chi connectivity index (χ0) is 14.8. The number of aromatic nitrogens is 2. The Morgan fingerprint density at radius 3 is 2.90 bits per heavy atom. The number of carbonyl (C=O) groups is 1. The van der Waals surface area contributed by atoms with E-state index in [1.54, 1.807) is 17.4 Å². The van der Waals surface area contributed by atoms with Gasteiger partial charge in [-0.15, -0.1) is 11.3 Å². The van der Waals surface area contributed by atoms with Gasteiger partial charge in [0.25, 0.3) is 0 Å². The maximum Gasteiger partial charge on any atom is 0.339 e. The van der Waals surface area contributed by atoms with E-state index in [0.29, 0.717) is 12.4 Å². The van der Waals surface area contributed by atoms with E-state index in [0.717, 1.165) is 47.6 Å². The van der Waals surface area contributed by atoms with Crippen LogP contribution in [-0.4, -0.2) is 21.0 Å². The maximum atomic E-state index is 11.4. The van der Waals surface area contributed by atoms with Crippen LogP contribution in [0.5, 0.6) is 0 Å². The normalized spacial score (nSPS) is 13.8. The molecule has 0 bridgehead atoms. The number of pyridine rings is 1. The highest BCUT2D eigenvalue weighted by molar-refractivity contribution is 7.09. The lowest BCUT2D eigenvalue weighted by Gasteiger charge is -2.17. The van der Waals surface area contributed by atoms with E-state index in [4.69, 9.17) is 0 Å². The van der Waals surface area contributed by atoms with Gasteiger partial charge in [0.15, 0.2) is 0 Å². The highest BCUT2D eigenvalue weighted by Crippen LogP contribution is 2.25. The van der Waals surface area contributed by atoms with Crippen molar-refractivity contribution in [1.29, 1.82) is 0 Å². The van der Waals surface area contributed by atoms with Gasteiger partial charge in [-0.3, -0.25) is 0 Å². The number of aryl methyl sites for hydroxylation is 3. The molecule has 3 rings (SSSR count). The minimum Gasteiger partial charge on any atom is -0.478 e. The first-order chi connectivity index (χ1) is 10.1. The highest BCUT2D eigenvalue weighted by atomic mass is 32.1. The molecule has 0 saturated carbocycles. The molecule has 110 valence electrons. The second kappa shape index (κ2) is 5.81. The van der Waals surface area contributed by atoms with E-state index >= 15 is 0 Å². The summed E-state index contributed by atoms with van der Waals surface area (Å²) in [5.41, 5.74) is 3.34. The topological polar surface area (TPSA) is 75.1 Å². The zero-order valence-corrected chi connectivity index (χ0v) is 12.7. The smallest absolute Gasteiger partial charge is 0.339 e. The molecule has 0 radical (unpaired) electrons. The third kappa shape index (κ3) is 3.05. The maximum absolute atomic E-state index is 11.4. The minimum atomic E-state index is -0.936. The number of nitrogens with zero attached hydrogens (tertiary/aromatic N) is 2. The first kappa shape index (κ1) is 14.0. The molecule has 0 aliphatic heterocycles. The Morgan fingerprint density at radius 1 is 1.38 bits per heavy atom. The van der Waals surface area contributed by atoms with Crippen LogP contribution in [0.15, 0.2) is 11.4 Å². The number of nitrogens with one attached hydrogen (secondary N) is 1. The lowest BCUT2D eigenvalue weighted by atomic mass is 9.95. The molecular weight excluding hydrogens is 286 g/mol. The quantitative estimate of drug-likeness (QED) is 0.908. The molecule has 0 amide bonds. The van der Waals surface area contributed by atoms with Gasteiger partial charge in [0.05, 0.1) is 6.54 Å². The summed E-state index contributed by atoms with van der Waals surface area (Å²) in [6.45, 7) is 2.45. The second-order valence-corrected chi connectivity index (χ2v) is 6.18. The standard InChI is InChI=1S/C15H17N3O2S/c1-9-8-21-13(17-9)7-16-14-11(15(19)20)6-10-4-2-3-5-12(10)18-14/h6,8H,2-5,7H2,1H3,(H,16,18)(H,19,20). The van der Waals surface area contributed by atoms with Gasteiger partial charge in [-0.05, 0) is 44.2 Å². The average Bonchev–Trinajstić information content (AvgIpc) is 2.89. The zero-order valence-electron chi connectivity index (χ0n) is 11.8. The number of fused-ring (bicyclic) bond motifs is 1. The molecule has 0 aromatic carbocycles. The van der Waals surface area contributed by atoms with Crippen molar-refractivity contribution >= 4 is 23.1 Å². The predicted octanol–water partition coefficient (Wildman–Crippen LogP) is 3.04. The van der Waals surface area contributed by atoms with Crippen LogP contribution in [-0.2, 0) is 19.4 Å². The van der Waals surface area contributed by atoms with Crippen LogP contribution >= 0.6 is 11.3 Å². The van der Waals surface area contributed by atoms with Gasteiger partial charge in [0, 0.05) is 16.8 Å². The van der Waals surface area contributed by atoms with Crippen molar-refractivity contribution in [3.05, 3.63) is 39.0 Å².